The number of rotatable bonds is 6. The average molecular weight is 338 g/mol. The van der Waals surface area contributed by atoms with Gasteiger partial charge in [0.2, 0.25) is 5.91 Å². The van der Waals surface area contributed by atoms with Gasteiger partial charge in [-0.05, 0) is 36.0 Å². The molecule has 0 spiro atoms. The standard InChI is InChI=1S/C20H22N2O3/c23-19(18-12-15-8-4-5-9-16(15)13-21-18)22-17(20(24)25)11-10-14-6-2-1-3-7-14/h1-9,17-18,21H,10-13H2,(H,22,23)(H,24,25)/t17-,18-/m0/s1. The number of fused-ring (bicyclic) bond motifs is 1. The molecule has 3 rings (SSSR count). The van der Waals surface area contributed by atoms with Gasteiger partial charge in [0, 0.05) is 6.54 Å². The van der Waals surface area contributed by atoms with Crippen molar-refractivity contribution < 1.29 is 14.7 Å². The highest BCUT2D eigenvalue weighted by Gasteiger charge is 2.27. The second kappa shape index (κ2) is 7.94. The molecule has 0 radical (unpaired) electrons. The van der Waals surface area contributed by atoms with Crippen LogP contribution in [0.4, 0.5) is 0 Å². The van der Waals surface area contributed by atoms with Crippen LogP contribution in [0, 0.1) is 0 Å². The van der Waals surface area contributed by atoms with Crippen molar-refractivity contribution in [2.24, 2.45) is 0 Å². The molecule has 5 heteroatoms. The predicted octanol–water partition coefficient (Wildman–Crippen LogP) is 1.90. The molecule has 1 amide bonds. The van der Waals surface area contributed by atoms with E-state index >= 15 is 0 Å². The number of benzene rings is 2. The molecule has 0 unspecified atom stereocenters. The molecular weight excluding hydrogens is 316 g/mol. The first-order chi connectivity index (χ1) is 12.1. The minimum atomic E-state index is -1.000. The summed E-state index contributed by atoms with van der Waals surface area (Å²) < 4.78 is 0. The number of hydrogen-bond acceptors (Lipinski definition) is 3. The number of nitrogens with one attached hydrogen (secondary N) is 2. The molecule has 3 N–H and O–H groups in total. The van der Waals surface area contributed by atoms with Crippen LogP contribution in [0.15, 0.2) is 54.6 Å². The molecule has 1 aliphatic rings. The van der Waals surface area contributed by atoms with Crippen LogP contribution in [-0.4, -0.2) is 29.1 Å². The number of hydrogen-bond donors (Lipinski definition) is 3. The summed E-state index contributed by atoms with van der Waals surface area (Å²) in [7, 11) is 0. The molecule has 0 aromatic heterocycles. The van der Waals surface area contributed by atoms with Crippen molar-refractivity contribution in [3.05, 3.63) is 71.3 Å². The van der Waals surface area contributed by atoms with Crippen LogP contribution in [0.3, 0.4) is 0 Å². The van der Waals surface area contributed by atoms with Crippen molar-refractivity contribution in [1.82, 2.24) is 10.6 Å². The third-order valence-corrected chi connectivity index (χ3v) is 4.58. The molecule has 25 heavy (non-hydrogen) atoms. The van der Waals surface area contributed by atoms with Crippen LogP contribution in [0.5, 0.6) is 0 Å². The number of aliphatic carboxylic acids is 1. The van der Waals surface area contributed by atoms with E-state index in [2.05, 4.69) is 10.6 Å². The van der Waals surface area contributed by atoms with Gasteiger partial charge in [0.15, 0.2) is 0 Å². The van der Waals surface area contributed by atoms with Gasteiger partial charge in [-0.15, -0.1) is 0 Å². The van der Waals surface area contributed by atoms with Gasteiger partial charge in [0.1, 0.15) is 6.04 Å². The van der Waals surface area contributed by atoms with Crippen molar-refractivity contribution in [1.29, 1.82) is 0 Å². The minimum Gasteiger partial charge on any atom is -0.480 e. The Morgan fingerprint density at radius 2 is 1.76 bits per heavy atom. The Bertz CT molecular complexity index is 746. The molecule has 0 saturated heterocycles. The highest BCUT2D eigenvalue weighted by Crippen LogP contribution is 2.16. The summed E-state index contributed by atoms with van der Waals surface area (Å²) in [5, 5.41) is 15.3. The van der Waals surface area contributed by atoms with Crippen LogP contribution in [0.25, 0.3) is 0 Å². The normalized spacial score (nSPS) is 17.4. The summed E-state index contributed by atoms with van der Waals surface area (Å²) >= 11 is 0. The highest BCUT2D eigenvalue weighted by atomic mass is 16.4. The van der Waals surface area contributed by atoms with Gasteiger partial charge in [-0.2, -0.15) is 0 Å². The summed E-state index contributed by atoms with van der Waals surface area (Å²) in [5.74, 6) is -1.25. The van der Waals surface area contributed by atoms with E-state index in [0.717, 1.165) is 11.1 Å². The lowest BCUT2D eigenvalue weighted by Crippen LogP contribution is -2.52. The largest absolute Gasteiger partial charge is 0.480 e. The van der Waals surface area contributed by atoms with Gasteiger partial charge in [-0.25, -0.2) is 4.79 Å². The van der Waals surface area contributed by atoms with E-state index in [-0.39, 0.29) is 5.91 Å². The molecule has 2 aromatic rings. The van der Waals surface area contributed by atoms with Crippen LogP contribution >= 0.6 is 0 Å². The number of carbonyl (C=O) groups excluding carboxylic acids is 1. The van der Waals surface area contributed by atoms with E-state index in [1.807, 2.05) is 54.6 Å². The fourth-order valence-corrected chi connectivity index (χ4v) is 3.13. The maximum atomic E-state index is 12.5. The van der Waals surface area contributed by atoms with E-state index < -0.39 is 18.1 Å². The Labute approximate surface area is 147 Å². The fourth-order valence-electron chi connectivity index (χ4n) is 3.13. The molecular formula is C20H22N2O3. The van der Waals surface area contributed by atoms with E-state index in [0.29, 0.717) is 25.8 Å². The summed E-state index contributed by atoms with van der Waals surface area (Å²) in [6, 6.07) is 16.4. The number of carboxylic acids is 1. The molecule has 1 heterocycles. The van der Waals surface area contributed by atoms with Crippen LogP contribution < -0.4 is 10.6 Å². The predicted molar refractivity (Wildman–Crippen MR) is 95.1 cm³/mol. The van der Waals surface area contributed by atoms with Crippen molar-refractivity contribution in [3.63, 3.8) is 0 Å². The van der Waals surface area contributed by atoms with Crippen molar-refractivity contribution in [2.75, 3.05) is 0 Å². The lowest BCUT2D eigenvalue weighted by molar-refractivity contribution is -0.142. The lowest BCUT2D eigenvalue weighted by Gasteiger charge is -2.26. The van der Waals surface area contributed by atoms with Gasteiger partial charge in [-0.1, -0.05) is 54.6 Å². The first-order valence-electron chi connectivity index (χ1n) is 8.51. The molecule has 130 valence electrons. The number of carboxylic acid groups (broad SMARTS) is 1. The number of aryl methyl sites for hydroxylation is 1. The zero-order valence-corrected chi connectivity index (χ0v) is 13.9. The summed E-state index contributed by atoms with van der Waals surface area (Å²) in [5.41, 5.74) is 3.38. The Morgan fingerprint density at radius 1 is 1.08 bits per heavy atom. The summed E-state index contributed by atoms with van der Waals surface area (Å²) in [6.45, 7) is 0.621. The Balaban J connectivity index is 1.58. The molecule has 0 fully saturated rings. The molecule has 5 nitrogen and oxygen atoms in total. The molecule has 2 atom stereocenters. The average Bonchev–Trinajstić information content (AvgIpc) is 2.65. The molecule has 2 aromatic carbocycles. The van der Waals surface area contributed by atoms with E-state index in [9.17, 15) is 14.7 Å². The SMILES string of the molecule is O=C(O)[C@H](CCc1ccccc1)NC(=O)[C@@H]1Cc2ccccc2CN1. The second-order valence-electron chi connectivity index (χ2n) is 6.33. The van der Waals surface area contributed by atoms with Gasteiger partial charge in [-0.3, -0.25) is 4.79 Å². The third-order valence-electron chi connectivity index (χ3n) is 4.58. The molecule has 0 bridgehead atoms. The van der Waals surface area contributed by atoms with Gasteiger partial charge >= 0.3 is 5.97 Å². The van der Waals surface area contributed by atoms with Crippen molar-refractivity contribution >= 4 is 11.9 Å². The molecule has 1 aliphatic heterocycles. The first-order valence-corrected chi connectivity index (χ1v) is 8.51. The lowest BCUT2D eigenvalue weighted by atomic mass is 9.95. The zero-order valence-electron chi connectivity index (χ0n) is 13.9. The maximum Gasteiger partial charge on any atom is 0.326 e. The summed E-state index contributed by atoms with van der Waals surface area (Å²) in [4.78, 5) is 24.0. The third kappa shape index (κ3) is 4.45. The minimum absolute atomic E-state index is 0.255. The Hall–Kier alpha value is -2.66. The second-order valence-corrected chi connectivity index (χ2v) is 6.33. The highest BCUT2D eigenvalue weighted by molar-refractivity contribution is 5.87. The van der Waals surface area contributed by atoms with Crippen LogP contribution in [0.1, 0.15) is 23.1 Å². The van der Waals surface area contributed by atoms with E-state index in [4.69, 9.17) is 0 Å². The Morgan fingerprint density at radius 3 is 2.48 bits per heavy atom. The van der Waals surface area contributed by atoms with Crippen LogP contribution in [-0.2, 0) is 29.0 Å². The molecule has 0 aliphatic carbocycles. The number of amides is 1. The fraction of sp³-hybridized carbons (Fsp3) is 0.300. The van der Waals surface area contributed by atoms with Gasteiger partial charge < -0.3 is 15.7 Å². The zero-order chi connectivity index (χ0) is 17.6. The van der Waals surface area contributed by atoms with E-state index in [1.54, 1.807) is 0 Å². The van der Waals surface area contributed by atoms with Gasteiger partial charge in [0.05, 0.1) is 6.04 Å². The maximum absolute atomic E-state index is 12.5. The molecule has 0 saturated carbocycles. The first kappa shape index (κ1) is 17.2. The van der Waals surface area contributed by atoms with Gasteiger partial charge in [0.25, 0.3) is 0 Å². The topological polar surface area (TPSA) is 78.4 Å². The van der Waals surface area contributed by atoms with Crippen LogP contribution in [0.2, 0.25) is 0 Å². The smallest absolute Gasteiger partial charge is 0.326 e. The van der Waals surface area contributed by atoms with Crippen molar-refractivity contribution in [2.45, 2.75) is 37.9 Å². The number of carbonyl (C=O) groups is 2. The monoisotopic (exact) mass is 338 g/mol. The Kier molecular flexibility index (Phi) is 5.46. The summed E-state index contributed by atoms with van der Waals surface area (Å²) in [6.07, 6.45) is 1.56. The van der Waals surface area contributed by atoms with Crippen molar-refractivity contribution in [3.8, 4) is 0 Å². The van der Waals surface area contributed by atoms with E-state index in [1.165, 1.54) is 5.56 Å². The quantitative estimate of drug-likeness (QED) is 0.752.